The summed E-state index contributed by atoms with van der Waals surface area (Å²) in [6.45, 7) is 1.87. The lowest BCUT2D eigenvalue weighted by Gasteiger charge is -2.10. The maximum Gasteiger partial charge on any atom is 0.303 e. The Balaban J connectivity index is 2.85. The third-order valence-corrected chi connectivity index (χ3v) is 2.79. The van der Waals surface area contributed by atoms with E-state index in [0.29, 0.717) is 5.69 Å². The molecule has 1 rings (SSSR count). The first-order valence-corrected chi connectivity index (χ1v) is 5.06. The monoisotopic (exact) mass is 257 g/mol. The van der Waals surface area contributed by atoms with E-state index < -0.39 is 5.97 Å². The van der Waals surface area contributed by atoms with E-state index in [1.54, 1.807) is 6.07 Å². The van der Waals surface area contributed by atoms with Crippen LogP contribution in [-0.2, 0) is 4.79 Å². The van der Waals surface area contributed by atoms with E-state index in [9.17, 15) is 4.79 Å². The van der Waals surface area contributed by atoms with Crippen molar-refractivity contribution in [2.75, 3.05) is 5.73 Å². The van der Waals surface area contributed by atoms with Gasteiger partial charge in [-0.05, 0) is 39.5 Å². The van der Waals surface area contributed by atoms with Crippen molar-refractivity contribution in [2.45, 2.75) is 19.3 Å². The average molecular weight is 258 g/mol. The van der Waals surface area contributed by atoms with Crippen LogP contribution in [0.1, 0.15) is 24.8 Å². The number of carbonyl (C=O) groups is 1. The van der Waals surface area contributed by atoms with E-state index in [4.69, 9.17) is 10.8 Å². The molecule has 0 aromatic heterocycles. The molecule has 0 saturated carbocycles. The fourth-order valence-electron chi connectivity index (χ4n) is 1.25. The molecule has 4 heteroatoms. The number of anilines is 1. The first-order chi connectivity index (χ1) is 6.50. The number of nitrogens with two attached hydrogens (primary N) is 1. The van der Waals surface area contributed by atoms with E-state index in [2.05, 4.69) is 15.9 Å². The molecule has 1 aromatic carbocycles. The van der Waals surface area contributed by atoms with Crippen molar-refractivity contribution in [2.24, 2.45) is 0 Å². The van der Waals surface area contributed by atoms with E-state index in [-0.39, 0.29) is 12.3 Å². The van der Waals surface area contributed by atoms with Gasteiger partial charge in [0.05, 0.1) is 6.42 Å². The van der Waals surface area contributed by atoms with E-state index in [1.807, 2.05) is 19.1 Å². The van der Waals surface area contributed by atoms with Gasteiger partial charge in [-0.15, -0.1) is 0 Å². The van der Waals surface area contributed by atoms with Crippen LogP contribution in [0, 0.1) is 0 Å². The van der Waals surface area contributed by atoms with Crippen LogP contribution in [0.5, 0.6) is 0 Å². The first kappa shape index (κ1) is 11.0. The maximum absolute atomic E-state index is 10.5. The van der Waals surface area contributed by atoms with Crippen LogP contribution in [-0.4, -0.2) is 11.1 Å². The van der Waals surface area contributed by atoms with E-state index in [0.717, 1.165) is 10.0 Å². The lowest BCUT2D eigenvalue weighted by Crippen LogP contribution is -2.03. The quantitative estimate of drug-likeness (QED) is 0.819. The Bertz CT molecular complexity index is 352. The maximum atomic E-state index is 10.5. The van der Waals surface area contributed by atoms with Crippen molar-refractivity contribution in [1.29, 1.82) is 0 Å². The minimum Gasteiger partial charge on any atom is -0.481 e. The number of carboxylic acid groups (broad SMARTS) is 1. The summed E-state index contributed by atoms with van der Waals surface area (Å²) >= 11 is 3.29. The highest BCUT2D eigenvalue weighted by Crippen LogP contribution is 2.26. The summed E-state index contributed by atoms with van der Waals surface area (Å²) in [6.07, 6.45) is 0.126. The first-order valence-electron chi connectivity index (χ1n) is 4.27. The van der Waals surface area contributed by atoms with E-state index >= 15 is 0 Å². The molecule has 3 nitrogen and oxygen atoms in total. The number of hydrogen-bond donors (Lipinski definition) is 2. The van der Waals surface area contributed by atoms with Crippen molar-refractivity contribution in [3.8, 4) is 0 Å². The largest absolute Gasteiger partial charge is 0.481 e. The molecule has 0 spiro atoms. The molecule has 14 heavy (non-hydrogen) atoms. The van der Waals surface area contributed by atoms with Crippen LogP contribution in [0.3, 0.4) is 0 Å². The molecule has 0 radical (unpaired) electrons. The summed E-state index contributed by atoms with van der Waals surface area (Å²) in [5.41, 5.74) is 7.29. The Morgan fingerprint density at radius 1 is 1.64 bits per heavy atom. The van der Waals surface area contributed by atoms with Crippen LogP contribution in [0.2, 0.25) is 0 Å². The number of nitrogen functional groups attached to an aromatic ring is 1. The summed E-state index contributed by atoms with van der Waals surface area (Å²) < 4.78 is 0.837. The molecule has 0 saturated heterocycles. The summed E-state index contributed by atoms with van der Waals surface area (Å²) in [4.78, 5) is 10.5. The molecule has 0 fully saturated rings. The molecule has 1 atom stereocenters. The highest BCUT2D eigenvalue weighted by atomic mass is 79.9. The smallest absolute Gasteiger partial charge is 0.303 e. The molecule has 1 unspecified atom stereocenters. The van der Waals surface area contributed by atoms with Crippen LogP contribution in [0.4, 0.5) is 5.69 Å². The van der Waals surface area contributed by atoms with Crippen LogP contribution in [0.15, 0.2) is 22.7 Å². The van der Waals surface area contributed by atoms with Gasteiger partial charge < -0.3 is 10.8 Å². The second-order valence-electron chi connectivity index (χ2n) is 3.28. The Labute approximate surface area is 91.1 Å². The van der Waals surface area contributed by atoms with Gasteiger partial charge in [0.15, 0.2) is 0 Å². The molecule has 0 amide bonds. The van der Waals surface area contributed by atoms with Crippen LogP contribution < -0.4 is 5.73 Å². The number of aliphatic carboxylic acids is 1. The SMILES string of the molecule is CC(CC(=O)O)c1ccc(Br)c(N)c1. The molecule has 0 aliphatic carbocycles. The molecular weight excluding hydrogens is 246 g/mol. The number of benzene rings is 1. The van der Waals surface area contributed by atoms with Gasteiger partial charge in [0.2, 0.25) is 0 Å². The van der Waals surface area contributed by atoms with Crippen LogP contribution >= 0.6 is 15.9 Å². The fraction of sp³-hybridized carbons (Fsp3) is 0.300. The van der Waals surface area contributed by atoms with Gasteiger partial charge in [-0.2, -0.15) is 0 Å². The summed E-state index contributed by atoms with van der Waals surface area (Å²) in [7, 11) is 0. The van der Waals surface area contributed by atoms with E-state index in [1.165, 1.54) is 0 Å². The number of carboxylic acids is 1. The zero-order valence-electron chi connectivity index (χ0n) is 7.83. The predicted molar refractivity (Wildman–Crippen MR) is 59.2 cm³/mol. The van der Waals surface area contributed by atoms with Gasteiger partial charge in [0, 0.05) is 10.2 Å². The predicted octanol–water partition coefficient (Wildman–Crippen LogP) is 2.61. The molecule has 0 bridgehead atoms. The minimum absolute atomic E-state index is 0.0112. The average Bonchev–Trinajstić information content (AvgIpc) is 2.08. The molecule has 0 aliphatic rings. The molecule has 3 N–H and O–H groups in total. The van der Waals surface area contributed by atoms with Gasteiger partial charge >= 0.3 is 5.97 Å². The topological polar surface area (TPSA) is 63.3 Å². The van der Waals surface area contributed by atoms with Gasteiger partial charge in [0.25, 0.3) is 0 Å². The van der Waals surface area contributed by atoms with Crippen molar-refractivity contribution in [3.05, 3.63) is 28.2 Å². The number of halogens is 1. The number of hydrogen-bond acceptors (Lipinski definition) is 2. The van der Waals surface area contributed by atoms with Gasteiger partial charge in [-0.3, -0.25) is 4.79 Å². The third-order valence-electron chi connectivity index (χ3n) is 2.07. The van der Waals surface area contributed by atoms with Gasteiger partial charge in [-0.25, -0.2) is 0 Å². The van der Waals surface area contributed by atoms with Crippen molar-refractivity contribution >= 4 is 27.6 Å². The molecular formula is C10H12BrNO2. The summed E-state index contributed by atoms with van der Waals surface area (Å²) in [5.74, 6) is -0.804. The number of rotatable bonds is 3. The zero-order valence-corrected chi connectivity index (χ0v) is 9.41. The second-order valence-corrected chi connectivity index (χ2v) is 4.13. The lowest BCUT2D eigenvalue weighted by molar-refractivity contribution is -0.137. The molecule has 0 aliphatic heterocycles. The Morgan fingerprint density at radius 3 is 2.79 bits per heavy atom. The summed E-state index contributed by atoms with van der Waals surface area (Å²) in [6, 6.07) is 5.52. The minimum atomic E-state index is -0.793. The van der Waals surface area contributed by atoms with Crippen LogP contribution in [0.25, 0.3) is 0 Å². The summed E-state index contributed by atoms with van der Waals surface area (Å²) in [5, 5.41) is 8.63. The lowest BCUT2D eigenvalue weighted by atomic mass is 9.97. The third kappa shape index (κ3) is 2.73. The second kappa shape index (κ2) is 4.46. The Morgan fingerprint density at radius 2 is 2.29 bits per heavy atom. The molecule has 0 heterocycles. The van der Waals surface area contributed by atoms with Gasteiger partial charge in [-0.1, -0.05) is 13.0 Å². The molecule has 76 valence electrons. The standard InChI is InChI=1S/C10H12BrNO2/c1-6(4-10(13)14)7-2-3-8(11)9(12)5-7/h2-3,5-6H,4,12H2,1H3,(H,13,14). The fourth-order valence-corrected chi connectivity index (χ4v) is 1.50. The highest BCUT2D eigenvalue weighted by Gasteiger charge is 2.10. The Kier molecular flexibility index (Phi) is 3.52. The highest BCUT2D eigenvalue weighted by molar-refractivity contribution is 9.10. The van der Waals surface area contributed by atoms with Crippen molar-refractivity contribution in [1.82, 2.24) is 0 Å². The van der Waals surface area contributed by atoms with Crippen molar-refractivity contribution in [3.63, 3.8) is 0 Å². The van der Waals surface area contributed by atoms with Gasteiger partial charge in [0.1, 0.15) is 0 Å². The van der Waals surface area contributed by atoms with Crippen molar-refractivity contribution < 1.29 is 9.90 Å². The molecule has 1 aromatic rings. The zero-order chi connectivity index (χ0) is 10.7. The normalized spacial score (nSPS) is 12.4. The Hall–Kier alpha value is -1.03.